The van der Waals surface area contributed by atoms with E-state index in [9.17, 15) is 4.79 Å². The summed E-state index contributed by atoms with van der Waals surface area (Å²) < 4.78 is 5.79. The fraction of sp³-hybridized carbons (Fsp3) is 0.588. The largest absolute Gasteiger partial charge is 0.455 e. The lowest BCUT2D eigenvalue weighted by molar-refractivity contribution is -0.151. The van der Waals surface area contributed by atoms with E-state index in [0.29, 0.717) is 5.92 Å². The van der Waals surface area contributed by atoms with Gasteiger partial charge in [0.05, 0.1) is 0 Å². The van der Waals surface area contributed by atoms with Crippen molar-refractivity contribution in [3.63, 3.8) is 0 Å². The van der Waals surface area contributed by atoms with Crippen molar-refractivity contribution in [3.05, 3.63) is 35.9 Å². The number of halogens is 1. The number of benzene rings is 1. The van der Waals surface area contributed by atoms with Crippen LogP contribution in [0.2, 0.25) is 0 Å². The third-order valence-electron chi connectivity index (χ3n) is 3.56. The highest BCUT2D eigenvalue weighted by molar-refractivity contribution is 9.10. The molecule has 0 aliphatic heterocycles. The van der Waals surface area contributed by atoms with E-state index in [2.05, 4.69) is 41.6 Å². The number of rotatable bonds is 7. The Morgan fingerprint density at radius 2 is 1.76 bits per heavy atom. The lowest BCUT2D eigenvalue weighted by atomic mass is 10.0. The van der Waals surface area contributed by atoms with Gasteiger partial charge in [0, 0.05) is 6.04 Å². The molecule has 0 amide bonds. The Morgan fingerprint density at radius 1 is 1.19 bits per heavy atom. The summed E-state index contributed by atoms with van der Waals surface area (Å²) in [6, 6.07) is 10.0. The van der Waals surface area contributed by atoms with Gasteiger partial charge in [-0.2, -0.15) is 0 Å². The van der Waals surface area contributed by atoms with Crippen molar-refractivity contribution in [2.45, 2.75) is 44.2 Å². The molecular weight excluding hydrogens is 330 g/mol. The van der Waals surface area contributed by atoms with Gasteiger partial charge in [0.25, 0.3) is 0 Å². The summed E-state index contributed by atoms with van der Waals surface area (Å²) in [6.07, 6.45) is 0.511. The van der Waals surface area contributed by atoms with Crippen LogP contribution in [0.3, 0.4) is 0 Å². The van der Waals surface area contributed by atoms with E-state index < -0.39 is 0 Å². The maximum atomic E-state index is 12.3. The Morgan fingerprint density at radius 3 is 2.24 bits per heavy atom. The third kappa shape index (κ3) is 5.79. The zero-order valence-corrected chi connectivity index (χ0v) is 15.1. The molecule has 1 aromatic rings. The molecule has 0 heterocycles. The molecule has 4 heteroatoms. The lowest BCUT2D eigenvalue weighted by Crippen LogP contribution is -2.35. The van der Waals surface area contributed by atoms with Crippen molar-refractivity contribution in [1.29, 1.82) is 0 Å². The molecule has 3 atom stereocenters. The zero-order valence-electron chi connectivity index (χ0n) is 13.5. The van der Waals surface area contributed by atoms with E-state index in [-0.39, 0.29) is 22.9 Å². The quantitative estimate of drug-likeness (QED) is 0.546. The number of hydrogen-bond donors (Lipinski definition) is 0. The van der Waals surface area contributed by atoms with E-state index in [0.717, 1.165) is 12.0 Å². The average molecular weight is 356 g/mol. The molecule has 0 fully saturated rings. The van der Waals surface area contributed by atoms with Crippen LogP contribution in [0.15, 0.2) is 30.3 Å². The van der Waals surface area contributed by atoms with Crippen LogP contribution in [0.5, 0.6) is 0 Å². The molecular formula is C17H26BrNO2. The number of nitrogens with zero attached hydrogens (tertiary/aromatic N) is 1. The molecule has 0 aliphatic carbocycles. The van der Waals surface area contributed by atoms with E-state index >= 15 is 0 Å². The maximum Gasteiger partial charge on any atom is 0.320 e. The van der Waals surface area contributed by atoms with Crippen LogP contribution in [0, 0.1) is 5.92 Å². The average Bonchev–Trinajstić information content (AvgIpc) is 2.43. The molecule has 0 N–H and O–H groups in total. The van der Waals surface area contributed by atoms with E-state index in [1.165, 1.54) is 0 Å². The SMILES string of the molecule is CC(C)CC(Br)C(=O)O[C@@H](c1ccccc1)[C@H](C)N(C)C. The molecule has 0 saturated carbocycles. The molecule has 1 aromatic carbocycles. The minimum atomic E-state index is -0.263. The molecule has 0 bridgehead atoms. The first-order chi connectivity index (χ1) is 9.82. The zero-order chi connectivity index (χ0) is 16.0. The molecule has 0 aromatic heterocycles. The number of carbonyl (C=O) groups is 1. The Hall–Kier alpha value is -0.870. The van der Waals surface area contributed by atoms with Crippen LogP contribution in [0.4, 0.5) is 0 Å². The van der Waals surface area contributed by atoms with Gasteiger partial charge in [-0.15, -0.1) is 0 Å². The highest BCUT2D eigenvalue weighted by Crippen LogP contribution is 2.26. The second kappa shape index (κ2) is 8.54. The minimum Gasteiger partial charge on any atom is -0.455 e. The summed E-state index contributed by atoms with van der Waals surface area (Å²) in [5.41, 5.74) is 1.02. The molecule has 0 saturated heterocycles. The topological polar surface area (TPSA) is 29.5 Å². The first-order valence-corrected chi connectivity index (χ1v) is 8.30. The minimum absolute atomic E-state index is 0.107. The van der Waals surface area contributed by atoms with Crippen molar-refractivity contribution in [3.8, 4) is 0 Å². The van der Waals surface area contributed by atoms with Crippen LogP contribution in [0.25, 0.3) is 0 Å². The predicted molar refractivity (Wildman–Crippen MR) is 90.6 cm³/mol. The van der Waals surface area contributed by atoms with Crippen LogP contribution in [0.1, 0.15) is 38.9 Å². The first kappa shape index (κ1) is 18.2. The number of esters is 1. The summed E-state index contributed by atoms with van der Waals surface area (Å²) in [4.78, 5) is 14.1. The first-order valence-electron chi connectivity index (χ1n) is 7.38. The van der Waals surface area contributed by atoms with Gasteiger partial charge in [-0.05, 0) is 38.9 Å². The van der Waals surface area contributed by atoms with E-state index in [1.807, 2.05) is 44.4 Å². The Labute approximate surface area is 136 Å². The van der Waals surface area contributed by atoms with Crippen molar-refractivity contribution in [2.75, 3.05) is 14.1 Å². The maximum absolute atomic E-state index is 12.3. The lowest BCUT2D eigenvalue weighted by Gasteiger charge is -2.30. The van der Waals surface area contributed by atoms with Crippen molar-refractivity contribution in [1.82, 2.24) is 4.90 Å². The monoisotopic (exact) mass is 355 g/mol. The van der Waals surface area contributed by atoms with Gasteiger partial charge >= 0.3 is 5.97 Å². The highest BCUT2D eigenvalue weighted by Gasteiger charge is 2.28. The van der Waals surface area contributed by atoms with Gasteiger partial charge in [-0.25, -0.2) is 0 Å². The molecule has 3 nitrogen and oxygen atoms in total. The summed E-state index contributed by atoms with van der Waals surface area (Å²) in [7, 11) is 3.99. The fourth-order valence-corrected chi connectivity index (χ4v) is 2.92. The van der Waals surface area contributed by atoms with Crippen LogP contribution >= 0.6 is 15.9 Å². The van der Waals surface area contributed by atoms with Gasteiger partial charge in [-0.3, -0.25) is 4.79 Å². The van der Waals surface area contributed by atoms with E-state index in [1.54, 1.807) is 0 Å². The molecule has 0 radical (unpaired) electrons. The summed E-state index contributed by atoms with van der Waals surface area (Å²) in [6.45, 7) is 6.26. The van der Waals surface area contributed by atoms with Crippen molar-refractivity contribution >= 4 is 21.9 Å². The molecule has 0 aliphatic rings. The second-order valence-electron chi connectivity index (χ2n) is 6.07. The summed E-state index contributed by atoms with van der Waals surface area (Å²) >= 11 is 3.44. The number of ether oxygens (including phenoxy) is 1. The molecule has 21 heavy (non-hydrogen) atoms. The van der Waals surface area contributed by atoms with Gasteiger partial charge in [0.15, 0.2) is 0 Å². The third-order valence-corrected chi connectivity index (χ3v) is 4.31. The molecule has 0 spiro atoms. The smallest absolute Gasteiger partial charge is 0.320 e. The second-order valence-corrected chi connectivity index (χ2v) is 7.17. The molecule has 118 valence electrons. The molecule has 1 rings (SSSR count). The van der Waals surface area contributed by atoms with Gasteiger partial charge in [0.2, 0.25) is 0 Å². The number of carbonyl (C=O) groups excluding carboxylic acids is 1. The number of likely N-dealkylation sites (N-methyl/N-ethyl adjacent to an activating group) is 1. The van der Waals surface area contributed by atoms with Crippen LogP contribution in [-0.4, -0.2) is 35.8 Å². The Kier molecular flexibility index (Phi) is 7.40. The number of hydrogen-bond acceptors (Lipinski definition) is 3. The summed E-state index contributed by atoms with van der Waals surface area (Å²) in [5, 5.41) is 0. The van der Waals surface area contributed by atoms with Crippen LogP contribution < -0.4 is 0 Å². The standard InChI is InChI=1S/C17H26BrNO2/c1-12(2)11-15(18)17(20)21-16(13(3)19(4)5)14-9-7-6-8-10-14/h6-10,12-13,15-16H,11H2,1-5H3/t13-,15?,16+/m0/s1. The Balaban J connectivity index is 2.86. The predicted octanol–water partition coefficient (Wildman–Crippen LogP) is 4.03. The van der Waals surface area contributed by atoms with Gasteiger partial charge in [-0.1, -0.05) is 60.1 Å². The van der Waals surface area contributed by atoms with Gasteiger partial charge in [0.1, 0.15) is 10.9 Å². The van der Waals surface area contributed by atoms with Crippen molar-refractivity contribution < 1.29 is 9.53 Å². The van der Waals surface area contributed by atoms with E-state index in [4.69, 9.17) is 4.74 Å². The van der Waals surface area contributed by atoms with Crippen molar-refractivity contribution in [2.24, 2.45) is 5.92 Å². The van der Waals surface area contributed by atoms with Crippen LogP contribution in [-0.2, 0) is 9.53 Å². The summed E-state index contributed by atoms with van der Waals surface area (Å²) in [5.74, 6) is 0.259. The normalized spacial score (nSPS) is 15.8. The van der Waals surface area contributed by atoms with Gasteiger partial charge < -0.3 is 9.64 Å². The Bertz CT molecular complexity index is 434. The fourth-order valence-electron chi connectivity index (χ4n) is 2.07. The molecule has 1 unspecified atom stereocenters. The highest BCUT2D eigenvalue weighted by atomic mass is 79.9. The number of alkyl halides is 1.